The molecule has 0 amide bonds. The van der Waals surface area contributed by atoms with Crippen LogP contribution in [-0.2, 0) is 0 Å². The van der Waals surface area contributed by atoms with Crippen LogP contribution in [0, 0.1) is 11.8 Å². The minimum absolute atomic E-state index is 0.949. The van der Waals surface area contributed by atoms with E-state index >= 15 is 0 Å². The van der Waals surface area contributed by atoms with Crippen LogP contribution in [-0.4, -0.2) is 0 Å². The molecule has 0 aromatic heterocycles. The van der Waals surface area contributed by atoms with E-state index in [1.165, 1.54) is 51.4 Å². The molecule has 0 nitrogen and oxygen atoms in total. The van der Waals surface area contributed by atoms with E-state index in [1.807, 2.05) is 13.8 Å². The van der Waals surface area contributed by atoms with Gasteiger partial charge in [0, 0.05) is 0 Å². The van der Waals surface area contributed by atoms with Crippen molar-refractivity contribution in [1.82, 2.24) is 0 Å². The molecular weight excluding hydrogens is 192 g/mol. The SMILES string of the molecule is CC.CC1CCCCC1.CCCC(C)CC. The molecule has 100 valence electrons. The molecule has 0 heteroatoms. The third-order valence-corrected chi connectivity index (χ3v) is 3.37. The zero-order valence-corrected chi connectivity index (χ0v) is 12.8. The Morgan fingerprint density at radius 2 is 1.50 bits per heavy atom. The van der Waals surface area contributed by atoms with E-state index in [0.29, 0.717) is 0 Å². The van der Waals surface area contributed by atoms with Gasteiger partial charge < -0.3 is 0 Å². The zero-order valence-electron chi connectivity index (χ0n) is 12.8. The highest BCUT2D eigenvalue weighted by atomic mass is 14.1. The fraction of sp³-hybridized carbons (Fsp3) is 1.00. The molecule has 0 aromatic carbocycles. The zero-order chi connectivity index (χ0) is 12.8. The van der Waals surface area contributed by atoms with Gasteiger partial charge in [-0.3, -0.25) is 0 Å². The molecule has 0 saturated heterocycles. The van der Waals surface area contributed by atoms with E-state index < -0.39 is 0 Å². The minimum atomic E-state index is 0.949. The van der Waals surface area contributed by atoms with E-state index in [0.717, 1.165) is 11.8 Å². The quantitative estimate of drug-likeness (QED) is 0.521. The summed E-state index contributed by atoms with van der Waals surface area (Å²) in [5, 5.41) is 0. The number of hydrogen-bond donors (Lipinski definition) is 0. The van der Waals surface area contributed by atoms with Crippen LogP contribution in [0.4, 0.5) is 0 Å². The Morgan fingerprint density at radius 3 is 1.69 bits per heavy atom. The van der Waals surface area contributed by atoms with Crippen LogP contribution in [0.1, 0.15) is 92.9 Å². The lowest BCUT2D eigenvalue weighted by molar-refractivity contribution is 0.385. The lowest BCUT2D eigenvalue weighted by atomic mass is 9.91. The summed E-state index contributed by atoms with van der Waals surface area (Å²) in [4.78, 5) is 0. The van der Waals surface area contributed by atoms with Crippen LogP contribution in [0.5, 0.6) is 0 Å². The van der Waals surface area contributed by atoms with Crippen molar-refractivity contribution < 1.29 is 0 Å². The van der Waals surface area contributed by atoms with Gasteiger partial charge in [0.25, 0.3) is 0 Å². The Labute approximate surface area is 105 Å². The molecule has 0 aliphatic heterocycles. The molecule has 1 rings (SSSR count). The maximum absolute atomic E-state index is 2.36. The highest BCUT2D eigenvalue weighted by molar-refractivity contribution is 4.59. The number of rotatable bonds is 3. The van der Waals surface area contributed by atoms with Gasteiger partial charge in [-0.25, -0.2) is 0 Å². The Hall–Kier alpha value is 0. The molecule has 16 heavy (non-hydrogen) atoms. The summed E-state index contributed by atoms with van der Waals surface area (Å²) in [6, 6.07) is 0. The second-order valence-electron chi connectivity index (χ2n) is 5.05. The summed E-state index contributed by atoms with van der Waals surface area (Å²) in [6.45, 7) is 13.2. The summed E-state index contributed by atoms with van der Waals surface area (Å²) < 4.78 is 0. The van der Waals surface area contributed by atoms with Crippen LogP contribution >= 0.6 is 0 Å². The average molecular weight is 228 g/mol. The van der Waals surface area contributed by atoms with Crippen molar-refractivity contribution in [2.75, 3.05) is 0 Å². The van der Waals surface area contributed by atoms with E-state index in [1.54, 1.807) is 0 Å². The molecule has 1 unspecified atom stereocenters. The molecule has 1 aliphatic carbocycles. The van der Waals surface area contributed by atoms with Crippen LogP contribution in [0.15, 0.2) is 0 Å². The van der Waals surface area contributed by atoms with E-state index in [4.69, 9.17) is 0 Å². The first kappa shape index (κ1) is 18.4. The maximum atomic E-state index is 2.36. The van der Waals surface area contributed by atoms with Crippen molar-refractivity contribution in [1.29, 1.82) is 0 Å². The summed E-state index contributed by atoms with van der Waals surface area (Å²) in [5.74, 6) is 1.98. The molecule has 0 radical (unpaired) electrons. The molecule has 0 bridgehead atoms. The molecule has 0 heterocycles. The fourth-order valence-electron chi connectivity index (χ4n) is 2.00. The predicted octanol–water partition coefficient (Wildman–Crippen LogP) is 6.45. The van der Waals surface area contributed by atoms with Gasteiger partial charge in [-0.05, 0) is 11.8 Å². The molecule has 1 fully saturated rings. The summed E-state index contributed by atoms with van der Waals surface area (Å²) in [7, 11) is 0. The first-order chi connectivity index (χ1) is 7.70. The van der Waals surface area contributed by atoms with Crippen LogP contribution in [0.3, 0.4) is 0 Å². The van der Waals surface area contributed by atoms with E-state index in [9.17, 15) is 0 Å². The van der Waals surface area contributed by atoms with Crippen molar-refractivity contribution in [3.63, 3.8) is 0 Å². The van der Waals surface area contributed by atoms with E-state index in [-0.39, 0.29) is 0 Å². The highest BCUT2D eigenvalue weighted by Crippen LogP contribution is 2.22. The van der Waals surface area contributed by atoms with Gasteiger partial charge >= 0.3 is 0 Å². The van der Waals surface area contributed by atoms with Gasteiger partial charge in [0.05, 0.1) is 0 Å². The van der Waals surface area contributed by atoms with Crippen molar-refractivity contribution >= 4 is 0 Å². The van der Waals surface area contributed by atoms with Crippen LogP contribution in [0.25, 0.3) is 0 Å². The number of hydrogen-bond acceptors (Lipinski definition) is 0. The summed E-state index contributed by atoms with van der Waals surface area (Å²) >= 11 is 0. The van der Waals surface area contributed by atoms with Gasteiger partial charge in [0.2, 0.25) is 0 Å². The summed E-state index contributed by atoms with van der Waals surface area (Å²) in [6.07, 6.45) is 11.5. The molecule has 1 aliphatic rings. The summed E-state index contributed by atoms with van der Waals surface area (Å²) in [5.41, 5.74) is 0. The molecule has 0 aromatic rings. The Balaban J connectivity index is 0. The molecule has 1 atom stereocenters. The van der Waals surface area contributed by atoms with Crippen LogP contribution in [0.2, 0.25) is 0 Å². The minimum Gasteiger partial charge on any atom is -0.0683 e. The largest absolute Gasteiger partial charge is 0.0683 e. The molecular formula is C16H36. The lowest BCUT2D eigenvalue weighted by Crippen LogP contribution is -1.99. The Kier molecular flexibility index (Phi) is 17.2. The maximum Gasteiger partial charge on any atom is -0.0443 e. The highest BCUT2D eigenvalue weighted by Gasteiger charge is 2.05. The molecule has 0 spiro atoms. The topological polar surface area (TPSA) is 0 Å². The van der Waals surface area contributed by atoms with Gasteiger partial charge in [-0.15, -0.1) is 0 Å². The van der Waals surface area contributed by atoms with Crippen molar-refractivity contribution in [3.8, 4) is 0 Å². The monoisotopic (exact) mass is 228 g/mol. The third kappa shape index (κ3) is 14.0. The van der Waals surface area contributed by atoms with Crippen LogP contribution < -0.4 is 0 Å². The Bertz CT molecular complexity index is 97.9. The second kappa shape index (κ2) is 15.0. The lowest BCUT2D eigenvalue weighted by Gasteiger charge is -2.15. The Morgan fingerprint density at radius 1 is 1.00 bits per heavy atom. The van der Waals surface area contributed by atoms with Gasteiger partial charge in [0.15, 0.2) is 0 Å². The normalized spacial score (nSPS) is 17.6. The van der Waals surface area contributed by atoms with E-state index in [2.05, 4.69) is 27.7 Å². The standard InChI is InChI=1S/C7H14.C7H16.C2H6/c1-7-5-3-2-4-6-7;1-4-6-7(3)5-2;1-2/h7H,2-6H2,1H3;7H,4-6H2,1-3H3;1-2H3. The first-order valence-corrected chi connectivity index (χ1v) is 7.70. The van der Waals surface area contributed by atoms with Crippen molar-refractivity contribution in [2.24, 2.45) is 11.8 Å². The van der Waals surface area contributed by atoms with Crippen molar-refractivity contribution in [2.45, 2.75) is 92.9 Å². The molecule has 1 saturated carbocycles. The fourth-order valence-corrected chi connectivity index (χ4v) is 2.00. The van der Waals surface area contributed by atoms with Crippen molar-refractivity contribution in [3.05, 3.63) is 0 Å². The van der Waals surface area contributed by atoms with Gasteiger partial charge in [-0.2, -0.15) is 0 Å². The smallest absolute Gasteiger partial charge is 0.0443 e. The second-order valence-corrected chi connectivity index (χ2v) is 5.05. The van der Waals surface area contributed by atoms with Gasteiger partial charge in [-0.1, -0.05) is 92.9 Å². The third-order valence-electron chi connectivity index (χ3n) is 3.37. The predicted molar refractivity (Wildman–Crippen MR) is 78.0 cm³/mol. The first-order valence-electron chi connectivity index (χ1n) is 7.70. The molecule has 0 N–H and O–H groups in total. The van der Waals surface area contributed by atoms with Gasteiger partial charge in [0.1, 0.15) is 0 Å². The average Bonchev–Trinajstić information content (AvgIpc) is 2.34.